The lowest BCUT2D eigenvalue weighted by molar-refractivity contribution is 0.0782. The Labute approximate surface area is 100 Å². The van der Waals surface area contributed by atoms with Crippen molar-refractivity contribution >= 4 is 11.0 Å². The molecule has 2 aromatic rings. The highest BCUT2D eigenvalue weighted by Crippen LogP contribution is 2.15. The van der Waals surface area contributed by atoms with E-state index in [4.69, 9.17) is 0 Å². The van der Waals surface area contributed by atoms with Crippen LogP contribution in [0.3, 0.4) is 0 Å². The number of fused-ring (bicyclic) bond motifs is 1. The molecule has 0 bridgehead atoms. The van der Waals surface area contributed by atoms with Crippen LogP contribution in [-0.2, 0) is 6.54 Å². The minimum Gasteiger partial charge on any atom is -0.393 e. The first-order valence-corrected chi connectivity index (χ1v) is 6.15. The van der Waals surface area contributed by atoms with E-state index in [-0.39, 0.29) is 6.10 Å². The highest BCUT2D eigenvalue weighted by atomic mass is 16.3. The Morgan fingerprint density at radius 3 is 2.82 bits per heavy atom. The van der Waals surface area contributed by atoms with E-state index in [1.54, 1.807) is 0 Å². The number of hydrogen-bond donors (Lipinski definition) is 2. The van der Waals surface area contributed by atoms with Crippen LogP contribution in [0.15, 0.2) is 24.3 Å². The Morgan fingerprint density at radius 2 is 2.06 bits per heavy atom. The van der Waals surface area contributed by atoms with Crippen LogP contribution in [-0.4, -0.2) is 39.2 Å². The molecule has 0 saturated carbocycles. The van der Waals surface area contributed by atoms with Crippen molar-refractivity contribution in [2.45, 2.75) is 25.5 Å². The van der Waals surface area contributed by atoms with E-state index in [0.717, 1.165) is 49.3 Å². The van der Waals surface area contributed by atoms with Crippen LogP contribution in [0.5, 0.6) is 0 Å². The van der Waals surface area contributed by atoms with Crippen molar-refractivity contribution in [3.05, 3.63) is 30.1 Å². The van der Waals surface area contributed by atoms with Gasteiger partial charge in [0, 0.05) is 13.1 Å². The summed E-state index contributed by atoms with van der Waals surface area (Å²) in [4.78, 5) is 10.2. The second kappa shape index (κ2) is 4.47. The molecule has 0 radical (unpaired) electrons. The van der Waals surface area contributed by atoms with Gasteiger partial charge in [0.15, 0.2) is 0 Å². The molecule has 1 aliphatic heterocycles. The highest BCUT2D eigenvalue weighted by Gasteiger charge is 2.17. The van der Waals surface area contributed by atoms with Crippen LogP contribution >= 0.6 is 0 Å². The topological polar surface area (TPSA) is 52.1 Å². The first kappa shape index (κ1) is 10.7. The van der Waals surface area contributed by atoms with E-state index in [0.29, 0.717) is 0 Å². The summed E-state index contributed by atoms with van der Waals surface area (Å²) < 4.78 is 0. The van der Waals surface area contributed by atoms with Crippen LogP contribution in [0, 0.1) is 0 Å². The fourth-order valence-electron chi connectivity index (χ4n) is 2.37. The molecule has 1 aromatic carbocycles. The van der Waals surface area contributed by atoms with Crippen LogP contribution in [0.25, 0.3) is 11.0 Å². The lowest BCUT2D eigenvalue weighted by atomic mass is 10.1. The zero-order valence-electron chi connectivity index (χ0n) is 9.76. The number of aliphatic hydroxyl groups is 1. The molecular formula is C13H17N3O. The number of imidazole rings is 1. The maximum absolute atomic E-state index is 9.46. The Morgan fingerprint density at radius 1 is 1.29 bits per heavy atom. The number of aliphatic hydroxyl groups excluding tert-OH is 1. The number of nitrogens with one attached hydrogen (secondary N) is 1. The molecule has 1 aromatic heterocycles. The number of hydrogen-bond acceptors (Lipinski definition) is 3. The van der Waals surface area contributed by atoms with Gasteiger partial charge in [0.1, 0.15) is 5.82 Å². The Hall–Kier alpha value is -1.39. The maximum Gasteiger partial charge on any atom is 0.121 e. The fourth-order valence-corrected chi connectivity index (χ4v) is 2.37. The molecule has 0 spiro atoms. The third-order valence-corrected chi connectivity index (χ3v) is 3.37. The molecule has 3 rings (SSSR count). The van der Waals surface area contributed by atoms with E-state index >= 15 is 0 Å². The van der Waals surface area contributed by atoms with Crippen LogP contribution in [0.1, 0.15) is 18.7 Å². The number of piperidine rings is 1. The molecule has 4 nitrogen and oxygen atoms in total. The summed E-state index contributed by atoms with van der Waals surface area (Å²) >= 11 is 0. The number of benzene rings is 1. The van der Waals surface area contributed by atoms with Gasteiger partial charge in [0.2, 0.25) is 0 Å². The number of nitrogens with zero attached hydrogens (tertiary/aromatic N) is 2. The molecule has 0 amide bonds. The quantitative estimate of drug-likeness (QED) is 0.824. The first-order chi connectivity index (χ1) is 8.31. The molecular weight excluding hydrogens is 214 g/mol. The summed E-state index contributed by atoms with van der Waals surface area (Å²) in [7, 11) is 0. The molecule has 2 N–H and O–H groups in total. The molecule has 1 aliphatic rings. The van der Waals surface area contributed by atoms with E-state index in [1.807, 2.05) is 24.3 Å². The van der Waals surface area contributed by atoms with Gasteiger partial charge in [-0.3, -0.25) is 4.90 Å². The van der Waals surface area contributed by atoms with Gasteiger partial charge in [-0.1, -0.05) is 12.1 Å². The third kappa shape index (κ3) is 2.33. The molecule has 4 heteroatoms. The number of aromatic nitrogens is 2. The molecule has 0 atom stereocenters. The van der Waals surface area contributed by atoms with Crippen molar-refractivity contribution in [2.75, 3.05) is 13.1 Å². The normalized spacial score (nSPS) is 18.9. The van der Waals surface area contributed by atoms with E-state index < -0.39 is 0 Å². The van der Waals surface area contributed by atoms with Gasteiger partial charge in [-0.25, -0.2) is 4.98 Å². The van der Waals surface area contributed by atoms with E-state index in [2.05, 4.69) is 14.9 Å². The van der Waals surface area contributed by atoms with Gasteiger partial charge in [-0.05, 0) is 25.0 Å². The second-order valence-corrected chi connectivity index (χ2v) is 4.71. The zero-order chi connectivity index (χ0) is 11.7. The van der Waals surface area contributed by atoms with Crippen molar-refractivity contribution in [1.29, 1.82) is 0 Å². The minimum absolute atomic E-state index is 0.109. The van der Waals surface area contributed by atoms with Crippen molar-refractivity contribution in [2.24, 2.45) is 0 Å². The molecule has 1 fully saturated rings. The van der Waals surface area contributed by atoms with Crippen molar-refractivity contribution in [1.82, 2.24) is 14.9 Å². The smallest absolute Gasteiger partial charge is 0.121 e. The predicted octanol–water partition coefficient (Wildman–Crippen LogP) is 1.52. The predicted molar refractivity (Wildman–Crippen MR) is 66.6 cm³/mol. The Balaban J connectivity index is 1.72. The minimum atomic E-state index is -0.109. The average molecular weight is 231 g/mol. The Bertz CT molecular complexity index is 467. The number of likely N-dealkylation sites (tertiary alicyclic amines) is 1. The molecule has 2 heterocycles. The summed E-state index contributed by atoms with van der Waals surface area (Å²) in [6.07, 6.45) is 1.64. The SMILES string of the molecule is OC1CCN(Cc2nc3ccccc3[nH]2)CC1. The van der Waals surface area contributed by atoms with Gasteiger partial charge in [-0.15, -0.1) is 0 Å². The van der Waals surface area contributed by atoms with Gasteiger partial charge in [-0.2, -0.15) is 0 Å². The van der Waals surface area contributed by atoms with Crippen molar-refractivity contribution in [3.8, 4) is 0 Å². The molecule has 0 aliphatic carbocycles. The van der Waals surface area contributed by atoms with Crippen LogP contribution < -0.4 is 0 Å². The zero-order valence-corrected chi connectivity index (χ0v) is 9.76. The number of H-pyrrole nitrogens is 1. The standard InChI is InChI=1S/C13H17N3O/c17-10-5-7-16(8-6-10)9-13-14-11-3-1-2-4-12(11)15-13/h1-4,10,17H,5-9H2,(H,14,15). The Kier molecular flexibility index (Phi) is 2.82. The third-order valence-electron chi connectivity index (χ3n) is 3.37. The summed E-state index contributed by atoms with van der Waals surface area (Å²) in [6.45, 7) is 2.76. The molecule has 17 heavy (non-hydrogen) atoms. The maximum atomic E-state index is 9.46. The van der Waals surface area contributed by atoms with Crippen molar-refractivity contribution in [3.63, 3.8) is 0 Å². The second-order valence-electron chi connectivity index (χ2n) is 4.71. The lowest BCUT2D eigenvalue weighted by Gasteiger charge is -2.28. The van der Waals surface area contributed by atoms with Gasteiger partial charge in [0.25, 0.3) is 0 Å². The van der Waals surface area contributed by atoms with E-state index in [9.17, 15) is 5.11 Å². The first-order valence-electron chi connectivity index (χ1n) is 6.15. The van der Waals surface area contributed by atoms with Crippen molar-refractivity contribution < 1.29 is 5.11 Å². The largest absolute Gasteiger partial charge is 0.393 e. The molecule has 90 valence electrons. The number of rotatable bonds is 2. The van der Waals surface area contributed by atoms with E-state index in [1.165, 1.54) is 0 Å². The number of para-hydroxylation sites is 2. The fraction of sp³-hybridized carbons (Fsp3) is 0.462. The van der Waals surface area contributed by atoms with Gasteiger partial charge in [0.05, 0.1) is 23.7 Å². The summed E-state index contributed by atoms with van der Waals surface area (Å²) in [6, 6.07) is 8.09. The average Bonchev–Trinajstić information content (AvgIpc) is 2.74. The number of aromatic amines is 1. The summed E-state index contributed by atoms with van der Waals surface area (Å²) in [5.41, 5.74) is 2.12. The molecule has 1 saturated heterocycles. The van der Waals surface area contributed by atoms with Crippen LogP contribution in [0.4, 0.5) is 0 Å². The highest BCUT2D eigenvalue weighted by molar-refractivity contribution is 5.74. The summed E-state index contributed by atoms with van der Waals surface area (Å²) in [5.74, 6) is 1.02. The monoisotopic (exact) mass is 231 g/mol. The van der Waals surface area contributed by atoms with Crippen LogP contribution in [0.2, 0.25) is 0 Å². The molecule has 0 unspecified atom stereocenters. The lowest BCUT2D eigenvalue weighted by Crippen LogP contribution is -2.35. The summed E-state index contributed by atoms with van der Waals surface area (Å²) in [5, 5.41) is 9.46. The van der Waals surface area contributed by atoms with Gasteiger partial charge < -0.3 is 10.1 Å². The van der Waals surface area contributed by atoms with Gasteiger partial charge >= 0.3 is 0 Å².